The summed E-state index contributed by atoms with van der Waals surface area (Å²) in [5.74, 6) is 5.57. The molecule has 5 heteroatoms. The van der Waals surface area contributed by atoms with Gasteiger partial charge in [-0.2, -0.15) is 0 Å². The molecule has 0 atom stereocenters. The van der Waals surface area contributed by atoms with Gasteiger partial charge in [0.2, 0.25) is 10.0 Å². The molecule has 0 spiro atoms. The SMILES string of the molecule is CC(C)S(=O)(=O)Nc1cccc(C#CCN)c1. The maximum atomic E-state index is 11.7. The lowest BCUT2D eigenvalue weighted by Gasteiger charge is -2.10. The molecule has 0 fully saturated rings. The molecule has 4 nitrogen and oxygen atoms in total. The van der Waals surface area contributed by atoms with Gasteiger partial charge in [-0.15, -0.1) is 0 Å². The Morgan fingerprint density at radius 1 is 1.41 bits per heavy atom. The van der Waals surface area contributed by atoms with Crippen LogP contribution in [0.5, 0.6) is 0 Å². The van der Waals surface area contributed by atoms with E-state index in [1.165, 1.54) is 0 Å². The highest BCUT2D eigenvalue weighted by molar-refractivity contribution is 7.93. The zero-order chi connectivity index (χ0) is 12.9. The van der Waals surface area contributed by atoms with Crippen molar-refractivity contribution in [3.63, 3.8) is 0 Å². The van der Waals surface area contributed by atoms with E-state index in [1.54, 1.807) is 38.1 Å². The van der Waals surface area contributed by atoms with Gasteiger partial charge in [0, 0.05) is 11.3 Å². The number of nitrogens with one attached hydrogen (secondary N) is 1. The van der Waals surface area contributed by atoms with Crippen molar-refractivity contribution in [2.45, 2.75) is 19.1 Å². The molecule has 92 valence electrons. The summed E-state index contributed by atoms with van der Waals surface area (Å²) in [6.07, 6.45) is 0. The minimum atomic E-state index is -3.31. The van der Waals surface area contributed by atoms with Gasteiger partial charge in [0.05, 0.1) is 11.8 Å². The van der Waals surface area contributed by atoms with Crippen LogP contribution in [-0.2, 0) is 10.0 Å². The van der Waals surface area contributed by atoms with Crippen molar-refractivity contribution < 1.29 is 8.42 Å². The molecule has 0 amide bonds. The van der Waals surface area contributed by atoms with Crippen molar-refractivity contribution >= 4 is 15.7 Å². The Bertz CT molecular complexity index is 539. The van der Waals surface area contributed by atoms with E-state index in [4.69, 9.17) is 5.73 Å². The molecule has 0 radical (unpaired) electrons. The van der Waals surface area contributed by atoms with E-state index < -0.39 is 15.3 Å². The van der Waals surface area contributed by atoms with Crippen LogP contribution >= 0.6 is 0 Å². The lowest BCUT2D eigenvalue weighted by atomic mass is 10.2. The van der Waals surface area contributed by atoms with E-state index in [2.05, 4.69) is 16.6 Å². The Balaban J connectivity index is 2.94. The molecule has 0 aromatic heterocycles. The predicted molar refractivity (Wildman–Crippen MR) is 70.1 cm³/mol. The molecule has 0 bridgehead atoms. The van der Waals surface area contributed by atoms with Crippen molar-refractivity contribution in [1.29, 1.82) is 0 Å². The van der Waals surface area contributed by atoms with E-state index >= 15 is 0 Å². The molecule has 3 N–H and O–H groups in total. The topological polar surface area (TPSA) is 72.2 Å². The third-order valence-corrected chi connectivity index (χ3v) is 3.84. The van der Waals surface area contributed by atoms with E-state index in [-0.39, 0.29) is 6.54 Å². The number of nitrogens with two attached hydrogens (primary N) is 1. The Morgan fingerprint density at radius 3 is 2.71 bits per heavy atom. The van der Waals surface area contributed by atoms with Crippen molar-refractivity contribution in [2.24, 2.45) is 5.73 Å². The van der Waals surface area contributed by atoms with Crippen LogP contribution in [-0.4, -0.2) is 20.2 Å². The number of benzene rings is 1. The first kappa shape index (κ1) is 13.6. The Morgan fingerprint density at radius 2 is 2.12 bits per heavy atom. The van der Waals surface area contributed by atoms with E-state index in [9.17, 15) is 8.42 Å². The van der Waals surface area contributed by atoms with Crippen LogP contribution in [0.4, 0.5) is 5.69 Å². The Kier molecular flexibility index (Phi) is 4.55. The molecular weight excluding hydrogens is 236 g/mol. The number of rotatable bonds is 3. The van der Waals surface area contributed by atoms with E-state index in [1.807, 2.05) is 0 Å². The van der Waals surface area contributed by atoms with Gasteiger partial charge in [0.25, 0.3) is 0 Å². The fourth-order valence-electron chi connectivity index (χ4n) is 1.10. The molecule has 0 aliphatic rings. The largest absolute Gasteiger partial charge is 0.320 e. The molecule has 1 aromatic rings. The van der Waals surface area contributed by atoms with E-state index in [0.717, 1.165) is 5.56 Å². The van der Waals surface area contributed by atoms with Crippen LogP contribution in [0.2, 0.25) is 0 Å². The molecule has 1 rings (SSSR count). The molecule has 0 saturated carbocycles. The number of hydrogen-bond donors (Lipinski definition) is 2. The summed E-state index contributed by atoms with van der Waals surface area (Å²) >= 11 is 0. The summed E-state index contributed by atoms with van der Waals surface area (Å²) in [6.45, 7) is 3.53. The first-order valence-electron chi connectivity index (χ1n) is 5.26. The lowest BCUT2D eigenvalue weighted by molar-refractivity contribution is 0.593. The molecule has 1 aromatic carbocycles. The molecule has 0 aliphatic heterocycles. The van der Waals surface area contributed by atoms with Crippen molar-refractivity contribution in [1.82, 2.24) is 0 Å². The fourth-order valence-corrected chi connectivity index (χ4v) is 1.79. The van der Waals surface area contributed by atoms with Gasteiger partial charge in [-0.05, 0) is 32.0 Å². The molecule has 0 unspecified atom stereocenters. The second kappa shape index (κ2) is 5.71. The van der Waals surface area contributed by atoms with Crippen LogP contribution in [0.3, 0.4) is 0 Å². The van der Waals surface area contributed by atoms with Crippen molar-refractivity contribution in [3.05, 3.63) is 29.8 Å². The third-order valence-electron chi connectivity index (χ3n) is 2.08. The molecule has 0 aliphatic carbocycles. The smallest absolute Gasteiger partial charge is 0.235 e. The van der Waals surface area contributed by atoms with Gasteiger partial charge < -0.3 is 5.73 Å². The quantitative estimate of drug-likeness (QED) is 0.793. The highest BCUT2D eigenvalue weighted by Crippen LogP contribution is 2.13. The van der Waals surface area contributed by atoms with Crippen LogP contribution in [0.15, 0.2) is 24.3 Å². The number of hydrogen-bond acceptors (Lipinski definition) is 3. The van der Waals surface area contributed by atoms with Gasteiger partial charge in [-0.25, -0.2) is 8.42 Å². The van der Waals surface area contributed by atoms with E-state index in [0.29, 0.717) is 5.69 Å². The summed E-state index contributed by atoms with van der Waals surface area (Å²) < 4.78 is 25.8. The molecule has 0 saturated heterocycles. The van der Waals surface area contributed by atoms with Gasteiger partial charge in [-0.1, -0.05) is 17.9 Å². The van der Waals surface area contributed by atoms with Gasteiger partial charge in [0.1, 0.15) is 0 Å². The molecular formula is C12H16N2O2S. The summed E-state index contributed by atoms with van der Waals surface area (Å²) in [5.41, 5.74) is 6.52. The third kappa shape index (κ3) is 4.10. The van der Waals surface area contributed by atoms with Crippen LogP contribution in [0.1, 0.15) is 19.4 Å². The lowest BCUT2D eigenvalue weighted by Crippen LogP contribution is -2.22. The average Bonchev–Trinajstić information content (AvgIpc) is 2.26. The Labute approximate surface area is 102 Å². The highest BCUT2D eigenvalue weighted by atomic mass is 32.2. The summed E-state index contributed by atoms with van der Waals surface area (Å²) in [6, 6.07) is 6.92. The van der Waals surface area contributed by atoms with Crippen LogP contribution in [0, 0.1) is 11.8 Å². The minimum Gasteiger partial charge on any atom is -0.320 e. The van der Waals surface area contributed by atoms with Crippen molar-refractivity contribution in [2.75, 3.05) is 11.3 Å². The van der Waals surface area contributed by atoms with Gasteiger partial charge >= 0.3 is 0 Å². The zero-order valence-corrected chi connectivity index (χ0v) is 10.7. The maximum absolute atomic E-state index is 11.7. The van der Waals surface area contributed by atoms with Gasteiger partial charge in [-0.3, -0.25) is 4.72 Å². The van der Waals surface area contributed by atoms with Crippen LogP contribution in [0.25, 0.3) is 0 Å². The first-order valence-corrected chi connectivity index (χ1v) is 6.81. The van der Waals surface area contributed by atoms with Gasteiger partial charge in [0.15, 0.2) is 0 Å². The zero-order valence-electron chi connectivity index (χ0n) is 9.90. The van der Waals surface area contributed by atoms with Crippen molar-refractivity contribution in [3.8, 4) is 11.8 Å². The summed E-state index contributed by atoms with van der Waals surface area (Å²) in [7, 11) is -3.31. The summed E-state index contributed by atoms with van der Waals surface area (Å²) in [4.78, 5) is 0. The van der Waals surface area contributed by atoms with Crippen LogP contribution < -0.4 is 10.5 Å². The summed E-state index contributed by atoms with van der Waals surface area (Å²) in [5, 5.41) is -0.471. The standard InChI is InChI=1S/C12H16N2O2S/c1-10(2)17(15,16)14-12-7-3-5-11(9-12)6-4-8-13/h3,5,7,9-10,14H,8,13H2,1-2H3. The monoisotopic (exact) mass is 252 g/mol. The average molecular weight is 252 g/mol. The first-order chi connectivity index (χ1) is 7.95. The fraction of sp³-hybridized carbons (Fsp3) is 0.333. The minimum absolute atomic E-state index is 0.280. The number of anilines is 1. The predicted octanol–water partition coefficient (Wildman–Crippen LogP) is 1.15. The molecule has 0 heterocycles. The Hall–Kier alpha value is -1.51. The highest BCUT2D eigenvalue weighted by Gasteiger charge is 2.15. The normalized spacial score (nSPS) is 10.8. The molecule has 17 heavy (non-hydrogen) atoms. The second-order valence-corrected chi connectivity index (χ2v) is 6.02. The second-order valence-electron chi connectivity index (χ2n) is 3.78. The maximum Gasteiger partial charge on any atom is 0.235 e. The number of sulfonamides is 1.